The first kappa shape index (κ1) is 14.0. The lowest BCUT2D eigenvalue weighted by Crippen LogP contribution is -2.40. The average Bonchev–Trinajstić information content (AvgIpc) is 2.40. The third-order valence-electron chi connectivity index (χ3n) is 4.74. The van der Waals surface area contributed by atoms with E-state index in [1.165, 1.54) is 12.0 Å². The molecule has 0 heterocycles. The van der Waals surface area contributed by atoms with Crippen molar-refractivity contribution in [3.63, 3.8) is 0 Å². The van der Waals surface area contributed by atoms with Gasteiger partial charge in [-0.3, -0.25) is 0 Å². The monoisotopic (exact) mass is 257 g/mol. The molecule has 1 fully saturated rings. The van der Waals surface area contributed by atoms with Gasteiger partial charge in [0.2, 0.25) is 6.08 Å². The quantitative estimate of drug-likeness (QED) is 0.592. The van der Waals surface area contributed by atoms with E-state index in [0.717, 1.165) is 12.8 Å². The van der Waals surface area contributed by atoms with E-state index < -0.39 is 0 Å². The van der Waals surface area contributed by atoms with Crippen LogP contribution >= 0.6 is 0 Å². The first-order valence-corrected chi connectivity index (χ1v) is 7.18. The van der Waals surface area contributed by atoms with Gasteiger partial charge in [-0.15, -0.1) is 0 Å². The van der Waals surface area contributed by atoms with E-state index in [1.807, 2.05) is 6.07 Å². The second-order valence-corrected chi connectivity index (χ2v) is 6.40. The zero-order valence-corrected chi connectivity index (χ0v) is 12.1. The van der Waals surface area contributed by atoms with Crippen molar-refractivity contribution in [2.45, 2.75) is 51.5 Å². The molecule has 19 heavy (non-hydrogen) atoms. The molecule has 0 aromatic heterocycles. The number of isocyanates is 1. The molecule has 0 spiro atoms. The lowest BCUT2D eigenvalue weighted by molar-refractivity contribution is 0.172. The molecular weight excluding hydrogens is 234 g/mol. The van der Waals surface area contributed by atoms with Gasteiger partial charge >= 0.3 is 0 Å². The topological polar surface area (TPSA) is 29.4 Å². The van der Waals surface area contributed by atoms with Crippen LogP contribution in [0.5, 0.6) is 0 Å². The fourth-order valence-electron chi connectivity index (χ4n) is 3.48. The lowest BCUT2D eigenvalue weighted by Gasteiger charge is -2.42. The Morgan fingerprint density at radius 1 is 1.21 bits per heavy atom. The Hall–Kier alpha value is -1.40. The van der Waals surface area contributed by atoms with Gasteiger partial charge in [-0.1, -0.05) is 57.5 Å². The molecule has 0 bridgehead atoms. The molecule has 0 unspecified atom stereocenters. The summed E-state index contributed by atoms with van der Waals surface area (Å²) in [6.07, 6.45) is 5.16. The third kappa shape index (κ3) is 2.96. The molecule has 0 N–H and O–H groups in total. The summed E-state index contributed by atoms with van der Waals surface area (Å²) in [6, 6.07) is 10.7. The molecular formula is C17H23NO. The highest BCUT2D eigenvalue weighted by molar-refractivity contribution is 5.34. The van der Waals surface area contributed by atoms with Crippen LogP contribution in [0.4, 0.5) is 0 Å². The second kappa shape index (κ2) is 5.71. The Morgan fingerprint density at radius 3 is 2.53 bits per heavy atom. The molecule has 1 aliphatic carbocycles. The maximum atomic E-state index is 10.7. The van der Waals surface area contributed by atoms with E-state index in [4.69, 9.17) is 0 Å². The first-order valence-electron chi connectivity index (χ1n) is 7.18. The van der Waals surface area contributed by atoms with Crippen molar-refractivity contribution in [1.82, 2.24) is 0 Å². The van der Waals surface area contributed by atoms with Gasteiger partial charge < -0.3 is 0 Å². The molecule has 102 valence electrons. The minimum absolute atomic E-state index is 0.0480. The van der Waals surface area contributed by atoms with E-state index in [2.05, 4.69) is 50.0 Å². The molecule has 1 aromatic rings. The van der Waals surface area contributed by atoms with E-state index >= 15 is 0 Å². The van der Waals surface area contributed by atoms with Crippen LogP contribution < -0.4 is 0 Å². The molecule has 1 saturated carbocycles. The maximum Gasteiger partial charge on any atom is 0.235 e. The number of aliphatic imine (C=N–C) groups is 1. The van der Waals surface area contributed by atoms with Gasteiger partial charge in [0.1, 0.15) is 0 Å². The van der Waals surface area contributed by atoms with E-state index in [0.29, 0.717) is 11.8 Å². The van der Waals surface area contributed by atoms with Gasteiger partial charge in [0.15, 0.2) is 0 Å². The molecule has 1 aromatic carbocycles. The Bertz CT molecular complexity index is 459. The Kier molecular flexibility index (Phi) is 4.21. The standard InChI is InChI=1S/C17H23NO/c1-13-9-10-15(16(11-13)18-12-19)17(2,3)14-7-5-4-6-8-14/h4-8,13,15-16H,9-11H2,1-3H3/t13-,15-,16-/m1/s1. The molecule has 0 saturated heterocycles. The van der Waals surface area contributed by atoms with Crippen LogP contribution in [-0.2, 0) is 10.2 Å². The van der Waals surface area contributed by atoms with Crippen LogP contribution in [0.3, 0.4) is 0 Å². The summed E-state index contributed by atoms with van der Waals surface area (Å²) in [7, 11) is 0. The summed E-state index contributed by atoms with van der Waals surface area (Å²) < 4.78 is 0. The van der Waals surface area contributed by atoms with Gasteiger partial charge in [-0.05, 0) is 35.7 Å². The maximum absolute atomic E-state index is 10.7. The molecule has 0 aliphatic heterocycles. The highest BCUT2D eigenvalue weighted by Gasteiger charge is 2.39. The summed E-state index contributed by atoms with van der Waals surface area (Å²) in [5.74, 6) is 1.08. The van der Waals surface area contributed by atoms with Crippen LogP contribution in [0, 0.1) is 11.8 Å². The van der Waals surface area contributed by atoms with Gasteiger partial charge in [-0.2, -0.15) is 0 Å². The van der Waals surface area contributed by atoms with Gasteiger partial charge in [-0.25, -0.2) is 9.79 Å². The average molecular weight is 257 g/mol. The van der Waals surface area contributed by atoms with Crippen molar-refractivity contribution >= 4 is 6.08 Å². The lowest BCUT2D eigenvalue weighted by atomic mass is 9.64. The zero-order valence-electron chi connectivity index (χ0n) is 12.1. The van der Waals surface area contributed by atoms with Crippen LogP contribution in [0.25, 0.3) is 0 Å². The summed E-state index contributed by atoms with van der Waals surface area (Å²) >= 11 is 0. The molecule has 0 amide bonds. The zero-order chi connectivity index (χ0) is 13.9. The van der Waals surface area contributed by atoms with Crippen molar-refractivity contribution in [3.8, 4) is 0 Å². The number of rotatable bonds is 3. The minimum Gasteiger partial charge on any atom is -0.211 e. The van der Waals surface area contributed by atoms with E-state index in [9.17, 15) is 4.79 Å². The van der Waals surface area contributed by atoms with E-state index in [1.54, 1.807) is 6.08 Å². The highest BCUT2D eigenvalue weighted by Crippen LogP contribution is 2.43. The first-order chi connectivity index (χ1) is 9.05. The second-order valence-electron chi connectivity index (χ2n) is 6.40. The number of nitrogens with zero attached hydrogens (tertiary/aromatic N) is 1. The van der Waals surface area contributed by atoms with Crippen molar-refractivity contribution in [3.05, 3.63) is 35.9 Å². The molecule has 2 heteroatoms. The third-order valence-corrected chi connectivity index (χ3v) is 4.74. The summed E-state index contributed by atoms with van der Waals surface area (Å²) in [6.45, 7) is 6.80. The number of benzene rings is 1. The Labute approximate surface area is 115 Å². The molecule has 1 aliphatic rings. The van der Waals surface area contributed by atoms with Crippen LogP contribution in [0.1, 0.15) is 45.6 Å². The minimum atomic E-state index is 0.0480. The van der Waals surface area contributed by atoms with Crippen molar-refractivity contribution in [2.24, 2.45) is 16.8 Å². The molecule has 0 radical (unpaired) electrons. The smallest absolute Gasteiger partial charge is 0.211 e. The van der Waals surface area contributed by atoms with Crippen molar-refractivity contribution in [1.29, 1.82) is 0 Å². The number of hydrogen-bond donors (Lipinski definition) is 0. The molecule has 2 nitrogen and oxygen atoms in total. The highest BCUT2D eigenvalue weighted by atomic mass is 16.1. The van der Waals surface area contributed by atoms with E-state index in [-0.39, 0.29) is 11.5 Å². The predicted molar refractivity (Wildman–Crippen MR) is 77.9 cm³/mol. The fourth-order valence-corrected chi connectivity index (χ4v) is 3.48. The van der Waals surface area contributed by atoms with Gasteiger partial charge in [0.25, 0.3) is 0 Å². The summed E-state index contributed by atoms with van der Waals surface area (Å²) in [5.41, 5.74) is 1.38. The van der Waals surface area contributed by atoms with Gasteiger partial charge in [0.05, 0.1) is 6.04 Å². The summed E-state index contributed by atoms with van der Waals surface area (Å²) in [4.78, 5) is 14.8. The molecule has 3 atom stereocenters. The van der Waals surface area contributed by atoms with Crippen molar-refractivity contribution < 1.29 is 4.79 Å². The SMILES string of the molecule is C[C@@H]1CC[C@@H](C(C)(C)c2ccccc2)[C@H](N=C=O)C1. The number of carbonyl (C=O) groups excluding carboxylic acids is 1. The van der Waals surface area contributed by atoms with Crippen LogP contribution in [-0.4, -0.2) is 12.1 Å². The normalized spacial score (nSPS) is 27.6. The Balaban J connectivity index is 2.29. The van der Waals surface area contributed by atoms with Crippen LogP contribution in [0.15, 0.2) is 35.3 Å². The predicted octanol–water partition coefficient (Wildman–Crippen LogP) is 4.10. The van der Waals surface area contributed by atoms with Crippen LogP contribution in [0.2, 0.25) is 0 Å². The molecule has 2 rings (SSSR count). The van der Waals surface area contributed by atoms with Gasteiger partial charge in [0, 0.05) is 0 Å². The Morgan fingerprint density at radius 2 is 1.89 bits per heavy atom. The summed E-state index contributed by atoms with van der Waals surface area (Å²) in [5, 5.41) is 0. The largest absolute Gasteiger partial charge is 0.235 e. The number of hydrogen-bond acceptors (Lipinski definition) is 2. The fraction of sp³-hybridized carbons (Fsp3) is 0.588. The van der Waals surface area contributed by atoms with Crippen molar-refractivity contribution in [2.75, 3.05) is 0 Å².